The predicted molar refractivity (Wildman–Crippen MR) is 60.1 cm³/mol. The molecule has 0 aliphatic rings. The van der Waals surface area contributed by atoms with Crippen LogP contribution in [0.5, 0.6) is 0 Å². The summed E-state index contributed by atoms with van der Waals surface area (Å²) in [5.74, 6) is 0. The van der Waals surface area contributed by atoms with Crippen LogP contribution in [-0.4, -0.2) is 34.6 Å². The molecule has 78 valence electrons. The molecule has 0 radical (unpaired) electrons. The van der Waals surface area contributed by atoms with E-state index in [0.29, 0.717) is 0 Å². The molecule has 1 aromatic heterocycles. The van der Waals surface area contributed by atoms with Gasteiger partial charge in [-0.05, 0) is 29.7 Å². The van der Waals surface area contributed by atoms with Crippen molar-refractivity contribution in [3.8, 4) is 0 Å². The minimum absolute atomic E-state index is 0.155. The highest BCUT2D eigenvalue weighted by Crippen LogP contribution is 2.19. The molecule has 0 spiro atoms. The summed E-state index contributed by atoms with van der Waals surface area (Å²) in [6.07, 6.45) is 0. The molecule has 1 N–H and O–H groups in total. The molecule has 0 aliphatic heterocycles. The zero-order chi connectivity index (χ0) is 10.8. The van der Waals surface area contributed by atoms with Crippen molar-refractivity contribution in [2.24, 2.45) is 0 Å². The number of anilines is 1. The van der Waals surface area contributed by atoms with Crippen molar-refractivity contribution in [3.63, 3.8) is 0 Å². The number of benzene rings is 1. The number of fused-ring (bicyclic) bond motifs is 1. The lowest BCUT2D eigenvalue weighted by atomic mass is 10.3. The van der Waals surface area contributed by atoms with Crippen LogP contribution in [0.25, 0.3) is 10.2 Å². The van der Waals surface area contributed by atoms with Crippen molar-refractivity contribution in [1.29, 1.82) is 0 Å². The minimum Gasteiger partial charge on any atom is -0.331 e. The normalized spacial score (nSPS) is 10.3. The third-order valence-electron chi connectivity index (χ3n) is 1.90. The van der Waals surface area contributed by atoms with Crippen LogP contribution >= 0.6 is 11.5 Å². The van der Waals surface area contributed by atoms with Crippen LogP contribution in [0.1, 0.15) is 0 Å². The molecule has 0 aliphatic carbocycles. The SMILES string of the molecule is CN(C)C(=O)Nc1ccc2snnc2c1. The first-order chi connectivity index (χ1) is 7.16. The molecule has 0 fully saturated rings. The third kappa shape index (κ3) is 2.04. The van der Waals surface area contributed by atoms with E-state index in [1.165, 1.54) is 16.4 Å². The summed E-state index contributed by atoms with van der Waals surface area (Å²) >= 11 is 1.34. The molecule has 1 aromatic carbocycles. The van der Waals surface area contributed by atoms with Crippen molar-refractivity contribution >= 4 is 33.5 Å². The van der Waals surface area contributed by atoms with E-state index >= 15 is 0 Å². The van der Waals surface area contributed by atoms with Gasteiger partial charge in [0, 0.05) is 19.8 Å². The fourth-order valence-electron chi connectivity index (χ4n) is 1.09. The van der Waals surface area contributed by atoms with Gasteiger partial charge in [0.25, 0.3) is 0 Å². The molecule has 0 atom stereocenters. The first-order valence-corrected chi connectivity index (χ1v) is 5.14. The average Bonchev–Trinajstić information content (AvgIpc) is 2.64. The molecule has 2 amide bonds. The monoisotopic (exact) mass is 222 g/mol. The van der Waals surface area contributed by atoms with Gasteiger partial charge < -0.3 is 10.2 Å². The van der Waals surface area contributed by atoms with Crippen molar-refractivity contribution in [3.05, 3.63) is 18.2 Å². The van der Waals surface area contributed by atoms with Gasteiger partial charge in [0.05, 0.1) is 4.70 Å². The molecule has 0 saturated carbocycles. The van der Waals surface area contributed by atoms with Crippen molar-refractivity contribution in [1.82, 2.24) is 14.5 Å². The molecule has 6 heteroatoms. The summed E-state index contributed by atoms with van der Waals surface area (Å²) < 4.78 is 4.84. The number of carbonyl (C=O) groups excluding carboxylic acids is 1. The number of carbonyl (C=O) groups is 1. The number of urea groups is 1. The molecule has 15 heavy (non-hydrogen) atoms. The fourth-order valence-corrected chi connectivity index (χ4v) is 1.63. The van der Waals surface area contributed by atoms with Gasteiger partial charge in [0.2, 0.25) is 0 Å². The molecule has 5 nitrogen and oxygen atoms in total. The molecule has 2 rings (SSSR count). The van der Waals surface area contributed by atoms with Gasteiger partial charge in [0.15, 0.2) is 0 Å². The summed E-state index contributed by atoms with van der Waals surface area (Å²) in [6, 6.07) is 5.38. The first-order valence-electron chi connectivity index (χ1n) is 4.37. The Labute approximate surface area is 90.9 Å². The molecular weight excluding hydrogens is 212 g/mol. The Bertz CT molecular complexity index is 494. The highest BCUT2D eigenvalue weighted by atomic mass is 32.1. The largest absolute Gasteiger partial charge is 0.331 e. The number of hydrogen-bond donors (Lipinski definition) is 1. The average molecular weight is 222 g/mol. The second kappa shape index (κ2) is 3.82. The second-order valence-electron chi connectivity index (χ2n) is 3.28. The van der Waals surface area contributed by atoms with E-state index in [0.717, 1.165) is 15.9 Å². The van der Waals surface area contributed by atoms with E-state index in [1.807, 2.05) is 12.1 Å². The second-order valence-corrected chi connectivity index (χ2v) is 4.07. The number of nitrogens with zero attached hydrogens (tertiary/aromatic N) is 3. The van der Waals surface area contributed by atoms with E-state index < -0.39 is 0 Å². The number of hydrogen-bond acceptors (Lipinski definition) is 4. The molecule has 0 unspecified atom stereocenters. The number of amides is 2. The summed E-state index contributed by atoms with van der Waals surface area (Å²) in [5, 5.41) is 6.68. The Morgan fingerprint density at radius 2 is 2.27 bits per heavy atom. The van der Waals surface area contributed by atoms with Gasteiger partial charge in [-0.2, -0.15) is 0 Å². The molecule has 0 bridgehead atoms. The number of aromatic nitrogens is 2. The van der Waals surface area contributed by atoms with Crippen LogP contribution < -0.4 is 5.32 Å². The molecular formula is C9H10N4OS. The highest BCUT2D eigenvalue weighted by Gasteiger charge is 2.05. The smallest absolute Gasteiger partial charge is 0.321 e. The maximum Gasteiger partial charge on any atom is 0.321 e. The molecule has 1 heterocycles. The summed E-state index contributed by atoms with van der Waals surface area (Å²) in [4.78, 5) is 12.8. The van der Waals surface area contributed by atoms with E-state index in [1.54, 1.807) is 20.2 Å². The van der Waals surface area contributed by atoms with Gasteiger partial charge >= 0.3 is 6.03 Å². The highest BCUT2D eigenvalue weighted by molar-refractivity contribution is 7.12. The fraction of sp³-hybridized carbons (Fsp3) is 0.222. The van der Waals surface area contributed by atoms with E-state index in [4.69, 9.17) is 0 Å². The van der Waals surface area contributed by atoms with Crippen LogP contribution in [0.15, 0.2) is 18.2 Å². The van der Waals surface area contributed by atoms with Gasteiger partial charge in [-0.15, -0.1) is 5.10 Å². The lowest BCUT2D eigenvalue weighted by Gasteiger charge is -2.11. The Kier molecular flexibility index (Phi) is 2.51. The van der Waals surface area contributed by atoms with E-state index in [-0.39, 0.29) is 6.03 Å². The summed E-state index contributed by atoms with van der Waals surface area (Å²) in [5.41, 5.74) is 1.53. The quantitative estimate of drug-likeness (QED) is 0.800. The van der Waals surface area contributed by atoms with Crippen molar-refractivity contribution in [2.75, 3.05) is 19.4 Å². The lowest BCUT2D eigenvalue weighted by Crippen LogP contribution is -2.27. The standard InChI is InChI=1S/C9H10N4OS/c1-13(2)9(14)10-6-3-4-8-7(5-6)11-12-15-8/h3-5H,1-2H3,(H,10,14). The Balaban J connectivity index is 2.25. The predicted octanol–water partition coefficient (Wildman–Crippen LogP) is 1.78. The zero-order valence-corrected chi connectivity index (χ0v) is 9.21. The Morgan fingerprint density at radius 1 is 1.47 bits per heavy atom. The summed E-state index contributed by atoms with van der Waals surface area (Å²) in [7, 11) is 3.39. The first kappa shape index (κ1) is 9.85. The van der Waals surface area contributed by atoms with Crippen molar-refractivity contribution < 1.29 is 4.79 Å². The maximum atomic E-state index is 11.4. The lowest BCUT2D eigenvalue weighted by molar-refractivity contribution is 0.230. The number of rotatable bonds is 1. The summed E-state index contributed by atoms with van der Waals surface area (Å²) in [6.45, 7) is 0. The van der Waals surface area contributed by atoms with E-state index in [9.17, 15) is 4.79 Å². The topological polar surface area (TPSA) is 58.1 Å². The van der Waals surface area contributed by atoms with Crippen LogP contribution in [0.4, 0.5) is 10.5 Å². The Morgan fingerprint density at radius 3 is 3.00 bits per heavy atom. The van der Waals surface area contributed by atoms with E-state index in [2.05, 4.69) is 14.9 Å². The maximum absolute atomic E-state index is 11.4. The third-order valence-corrected chi connectivity index (χ3v) is 2.61. The van der Waals surface area contributed by atoms with Crippen LogP contribution in [-0.2, 0) is 0 Å². The van der Waals surface area contributed by atoms with Gasteiger partial charge in [0.1, 0.15) is 5.52 Å². The molecule has 2 aromatic rings. The van der Waals surface area contributed by atoms with Gasteiger partial charge in [-0.25, -0.2) is 4.79 Å². The minimum atomic E-state index is -0.155. The zero-order valence-electron chi connectivity index (χ0n) is 8.39. The van der Waals surface area contributed by atoms with Crippen LogP contribution in [0.2, 0.25) is 0 Å². The van der Waals surface area contributed by atoms with Gasteiger partial charge in [-0.1, -0.05) is 4.49 Å². The van der Waals surface area contributed by atoms with Crippen LogP contribution in [0, 0.1) is 0 Å². The molecule has 0 saturated heterocycles. The van der Waals surface area contributed by atoms with Crippen LogP contribution in [0.3, 0.4) is 0 Å². The van der Waals surface area contributed by atoms with Crippen molar-refractivity contribution in [2.45, 2.75) is 0 Å². The Hall–Kier alpha value is -1.69. The number of nitrogens with one attached hydrogen (secondary N) is 1. The van der Waals surface area contributed by atoms with Gasteiger partial charge in [-0.3, -0.25) is 0 Å².